The minimum atomic E-state index is -0.987. The van der Waals surface area contributed by atoms with Gasteiger partial charge in [-0.25, -0.2) is 4.39 Å². The summed E-state index contributed by atoms with van der Waals surface area (Å²) < 4.78 is 15.2. The van der Waals surface area contributed by atoms with Crippen LogP contribution in [0.25, 0.3) is 0 Å². The molecule has 5 nitrogen and oxygen atoms in total. The van der Waals surface area contributed by atoms with Crippen LogP contribution in [-0.4, -0.2) is 32.3 Å². The number of aromatic nitrogens is 2. The van der Waals surface area contributed by atoms with E-state index < -0.39 is 17.8 Å². The second-order valence-electron chi connectivity index (χ2n) is 6.44. The highest BCUT2D eigenvalue weighted by atomic mass is 35.5. The van der Waals surface area contributed by atoms with E-state index in [0.29, 0.717) is 31.1 Å². The molecule has 1 aliphatic carbocycles. The summed E-state index contributed by atoms with van der Waals surface area (Å²) in [6, 6.07) is 5.04. The lowest BCUT2D eigenvalue weighted by atomic mass is 10.0. The summed E-state index contributed by atoms with van der Waals surface area (Å²) in [6.45, 7) is 1.69. The fourth-order valence-corrected chi connectivity index (χ4v) is 3.59. The third kappa shape index (κ3) is 2.80. The Labute approximate surface area is 143 Å². The number of carboxylic acids is 1. The molecule has 0 bridgehead atoms. The van der Waals surface area contributed by atoms with Crippen LogP contribution in [0.15, 0.2) is 24.3 Å². The molecule has 1 unspecified atom stereocenters. The average Bonchev–Trinajstić information content (AvgIpc) is 3.29. The molecule has 7 heteroatoms. The molecule has 1 atom stereocenters. The molecule has 1 saturated carbocycles. The van der Waals surface area contributed by atoms with Gasteiger partial charge in [-0.3, -0.25) is 14.4 Å². The molecule has 1 aliphatic heterocycles. The Kier molecular flexibility index (Phi) is 3.81. The summed E-state index contributed by atoms with van der Waals surface area (Å²) in [5.74, 6) is -0.893. The normalized spacial score (nSPS) is 19.1. The fourth-order valence-electron chi connectivity index (χ4n) is 3.32. The molecular weight excluding hydrogens is 333 g/mol. The molecule has 24 heavy (non-hydrogen) atoms. The average molecular weight is 350 g/mol. The Bertz CT molecular complexity index is 803. The van der Waals surface area contributed by atoms with Crippen molar-refractivity contribution in [1.29, 1.82) is 0 Å². The molecule has 1 fully saturated rings. The topological polar surface area (TPSA) is 58.4 Å². The van der Waals surface area contributed by atoms with Crippen LogP contribution in [-0.2, 0) is 17.9 Å². The van der Waals surface area contributed by atoms with Gasteiger partial charge < -0.3 is 5.11 Å². The van der Waals surface area contributed by atoms with E-state index in [0.717, 1.165) is 17.5 Å². The molecule has 0 radical (unpaired) electrons. The third-order valence-corrected chi connectivity index (χ3v) is 5.03. The highest BCUT2D eigenvalue weighted by molar-refractivity contribution is 6.31. The van der Waals surface area contributed by atoms with Crippen molar-refractivity contribution in [2.75, 3.05) is 6.54 Å². The molecule has 1 aromatic heterocycles. The lowest BCUT2D eigenvalue weighted by Gasteiger charge is -2.33. The number of hydrogen-bond acceptors (Lipinski definition) is 3. The third-order valence-electron chi connectivity index (χ3n) is 4.70. The van der Waals surface area contributed by atoms with Gasteiger partial charge >= 0.3 is 5.97 Å². The molecule has 2 aromatic rings. The van der Waals surface area contributed by atoms with Crippen LogP contribution in [0.4, 0.5) is 4.39 Å². The van der Waals surface area contributed by atoms with E-state index in [9.17, 15) is 14.3 Å². The van der Waals surface area contributed by atoms with E-state index in [1.807, 2.05) is 9.58 Å². The van der Waals surface area contributed by atoms with Crippen LogP contribution in [0.3, 0.4) is 0 Å². The molecule has 1 N–H and O–H groups in total. The Morgan fingerprint density at radius 1 is 1.33 bits per heavy atom. The van der Waals surface area contributed by atoms with Gasteiger partial charge in [-0.05, 0) is 36.6 Å². The Balaban J connectivity index is 1.63. The maximum Gasteiger partial charge on any atom is 0.325 e. The SMILES string of the molecule is O=C(O)C(c1ccc(F)cc1Cl)N1CCn2nc(C3CC3)cc2C1. The van der Waals surface area contributed by atoms with Crippen LogP contribution >= 0.6 is 11.6 Å². The first-order chi connectivity index (χ1) is 11.5. The second kappa shape index (κ2) is 5.86. The molecule has 0 saturated heterocycles. The highest BCUT2D eigenvalue weighted by Gasteiger charge is 2.34. The maximum atomic E-state index is 13.3. The Morgan fingerprint density at radius 3 is 2.79 bits per heavy atom. The molecule has 1 aromatic carbocycles. The number of carboxylic acid groups (broad SMARTS) is 1. The van der Waals surface area contributed by atoms with Gasteiger partial charge in [0.1, 0.15) is 11.9 Å². The predicted octanol–water partition coefficient (Wildman–Crippen LogP) is 3.19. The summed E-state index contributed by atoms with van der Waals surface area (Å²) in [4.78, 5) is 13.7. The summed E-state index contributed by atoms with van der Waals surface area (Å²) in [7, 11) is 0. The van der Waals surface area contributed by atoms with Gasteiger partial charge in [-0.2, -0.15) is 5.10 Å². The minimum absolute atomic E-state index is 0.139. The first kappa shape index (κ1) is 15.6. The Hall–Kier alpha value is -1.92. The molecule has 2 heterocycles. The molecule has 0 amide bonds. The van der Waals surface area contributed by atoms with E-state index >= 15 is 0 Å². The number of carbonyl (C=O) groups is 1. The zero-order chi connectivity index (χ0) is 16.8. The van der Waals surface area contributed by atoms with Gasteiger partial charge in [0, 0.05) is 24.0 Å². The lowest BCUT2D eigenvalue weighted by molar-refractivity contribution is -0.144. The first-order valence-electron chi connectivity index (χ1n) is 8.01. The van der Waals surface area contributed by atoms with Crippen LogP contribution < -0.4 is 0 Å². The quantitative estimate of drug-likeness (QED) is 0.921. The largest absolute Gasteiger partial charge is 0.480 e. The summed E-state index contributed by atoms with van der Waals surface area (Å²) in [5.41, 5.74) is 2.55. The zero-order valence-corrected chi connectivity index (χ0v) is 13.7. The highest BCUT2D eigenvalue weighted by Crippen LogP contribution is 2.40. The van der Waals surface area contributed by atoms with Crippen molar-refractivity contribution in [2.24, 2.45) is 0 Å². The van der Waals surface area contributed by atoms with E-state index in [2.05, 4.69) is 11.2 Å². The predicted molar refractivity (Wildman–Crippen MR) is 86.4 cm³/mol. The maximum absolute atomic E-state index is 13.3. The van der Waals surface area contributed by atoms with Crippen molar-refractivity contribution in [3.8, 4) is 0 Å². The van der Waals surface area contributed by atoms with E-state index in [4.69, 9.17) is 11.6 Å². The van der Waals surface area contributed by atoms with Crippen LogP contribution in [0.2, 0.25) is 5.02 Å². The number of aliphatic carboxylic acids is 1. The summed E-state index contributed by atoms with van der Waals surface area (Å²) in [6.07, 6.45) is 2.37. The van der Waals surface area contributed by atoms with Crippen molar-refractivity contribution in [1.82, 2.24) is 14.7 Å². The molecule has 0 spiro atoms. The van der Waals surface area contributed by atoms with Gasteiger partial charge in [0.25, 0.3) is 0 Å². The van der Waals surface area contributed by atoms with Gasteiger partial charge in [0.2, 0.25) is 0 Å². The van der Waals surface area contributed by atoms with E-state index in [1.54, 1.807) is 0 Å². The monoisotopic (exact) mass is 349 g/mol. The Morgan fingerprint density at radius 2 is 2.12 bits per heavy atom. The fraction of sp³-hybridized carbons (Fsp3) is 0.412. The van der Waals surface area contributed by atoms with Crippen molar-refractivity contribution in [3.63, 3.8) is 0 Å². The first-order valence-corrected chi connectivity index (χ1v) is 8.39. The summed E-state index contributed by atoms with van der Waals surface area (Å²) in [5, 5.41) is 14.5. The molecular formula is C17H17ClFN3O2. The molecule has 4 rings (SSSR count). The van der Waals surface area contributed by atoms with Crippen LogP contribution in [0.1, 0.15) is 41.8 Å². The van der Waals surface area contributed by atoms with Crippen molar-refractivity contribution in [3.05, 3.63) is 52.1 Å². The van der Waals surface area contributed by atoms with Crippen LogP contribution in [0.5, 0.6) is 0 Å². The van der Waals surface area contributed by atoms with Crippen LogP contribution in [0, 0.1) is 5.82 Å². The number of benzene rings is 1. The van der Waals surface area contributed by atoms with E-state index in [1.165, 1.54) is 25.0 Å². The van der Waals surface area contributed by atoms with Gasteiger partial charge in [-0.15, -0.1) is 0 Å². The number of nitrogens with zero attached hydrogens (tertiary/aromatic N) is 3. The van der Waals surface area contributed by atoms with Gasteiger partial charge in [0.15, 0.2) is 0 Å². The van der Waals surface area contributed by atoms with Crippen molar-refractivity contribution < 1.29 is 14.3 Å². The molecule has 126 valence electrons. The smallest absolute Gasteiger partial charge is 0.325 e. The number of fused-ring (bicyclic) bond motifs is 1. The van der Waals surface area contributed by atoms with Crippen molar-refractivity contribution in [2.45, 2.75) is 37.9 Å². The number of hydrogen-bond donors (Lipinski definition) is 1. The second-order valence-corrected chi connectivity index (χ2v) is 6.84. The lowest BCUT2D eigenvalue weighted by Crippen LogP contribution is -2.40. The van der Waals surface area contributed by atoms with Crippen molar-refractivity contribution >= 4 is 17.6 Å². The minimum Gasteiger partial charge on any atom is -0.480 e. The van der Waals surface area contributed by atoms with Gasteiger partial charge in [-0.1, -0.05) is 17.7 Å². The van der Waals surface area contributed by atoms with E-state index in [-0.39, 0.29) is 5.02 Å². The molecule has 2 aliphatic rings. The zero-order valence-electron chi connectivity index (χ0n) is 13.0. The number of halogens is 2. The summed E-state index contributed by atoms with van der Waals surface area (Å²) >= 11 is 6.09. The van der Waals surface area contributed by atoms with Gasteiger partial charge in [0.05, 0.1) is 17.9 Å². The standard InChI is InChI=1S/C17H17ClFN3O2/c18-14-7-11(19)3-4-13(14)16(17(23)24)21-5-6-22-12(9-21)8-15(20-22)10-1-2-10/h3-4,7-8,10,16H,1-2,5-6,9H2,(H,23,24). The number of rotatable bonds is 4.